The minimum absolute atomic E-state index is 0.201. The summed E-state index contributed by atoms with van der Waals surface area (Å²) in [5.41, 5.74) is 6.78. The number of aromatic hydroxyl groups is 1. The van der Waals surface area contributed by atoms with Gasteiger partial charge in [0.05, 0.1) is 11.9 Å². The van der Waals surface area contributed by atoms with Crippen molar-refractivity contribution < 1.29 is 5.11 Å². The second kappa shape index (κ2) is 6.41. The van der Waals surface area contributed by atoms with Gasteiger partial charge in [-0.2, -0.15) is 5.10 Å². The molecule has 0 unspecified atom stereocenters. The molecule has 1 aromatic heterocycles. The van der Waals surface area contributed by atoms with Crippen molar-refractivity contribution in [1.29, 1.82) is 0 Å². The number of thiazole rings is 1. The average molecular weight is 309 g/mol. The number of hydrogen-bond donors (Lipinski definition) is 2. The summed E-state index contributed by atoms with van der Waals surface area (Å²) in [6.45, 7) is 2.06. The second-order valence-electron chi connectivity index (χ2n) is 4.83. The van der Waals surface area contributed by atoms with Crippen LogP contribution in [-0.2, 0) is 0 Å². The van der Waals surface area contributed by atoms with Crippen LogP contribution in [0.5, 0.6) is 5.75 Å². The van der Waals surface area contributed by atoms with E-state index in [0.717, 1.165) is 11.3 Å². The third-order valence-electron chi connectivity index (χ3n) is 3.15. The van der Waals surface area contributed by atoms with E-state index in [-0.39, 0.29) is 5.75 Å². The van der Waals surface area contributed by atoms with Crippen LogP contribution < -0.4 is 5.43 Å². The van der Waals surface area contributed by atoms with E-state index in [2.05, 4.69) is 46.7 Å². The fourth-order valence-electron chi connectivity index (χ4n) is 1.94. The van der Waals surface area contributed by atoms with Gasteiger partial charge in [-0.3, -0.25) is 5.43 Å². The van der Waals surface area contributed by atoms with E-state index < -0.39 is 0 Å². The van der Waals surface area contributed by atoms with Crippen LogP contribution in [0.15, 0.2) is 59.0 Å². The van der Waals surface area contributed by atoms with Gasteiger partial charge in [-0.25, -0.2) is 4.98 Å². The van der Waals surface area contributed by atoms with Gasteiger partial charge in [0, 0.05) is 16.5 Å². The van der Waals surface area contributed by atoms with E-state index in [0.29, 0.717) is 10.7 Å². The summed E-state index contributed by atoms with van der Waals surface area (Å²) in [7, 11) is 0. The van der Waals surface area contributed by atoms with Crippen molar-refractivity contribution in [1.82, 2.24) is 4.98 Å². The Morgan fingerprint density at radius 3 is 2.68 bits per heavy atom. The minimum Gasteiger partial charge on any atom is -0.507 e. The van der Waals surface area contributed by atoms with E-state index in [1.54, 1.807) is 24.4 Å². The molecule has 0 radical (unpaired) electrons. The summed E-state index contributed by atoms with van der Waals surface area (Å²) in [4.78, 5) is 4.49. The Labute approximate surface area is 132 Å². The summed E-state index contributed by atoms with van der Waals surface area (Å²) >= 11 is 1.49. The Morgan fingerprint density at radius 2 is 1.91 bits per heavy atom. The molecule has 110 valence electrons. The lowest BCUT2D eigenvalue weighted by molar-refractivity contribution is 0.474. The Kier molecular flexibility index (Phi) is 4.16. The van der Waals surface area contributed by atoms with Gasteiger partial charge >= 0.3 is 0 Å². The quantitative estimate of drug-likeness (QED) is 0.559. The zero-order valence-corrected chi connectivity index (χ0v) is 12.8. The number of hydrazone groups is 1. The van der Waals surface area contributed by atoms with Crippen molar-refractivity contribution in [2.75, 3.05) is 5.43 Å². The molecule has 0 aliphatic heterocycles. The summed E-state index contributed by atoms with van der Waals surface area (Å²) in [5.74, 6) is 0.201. The van der Waals surface area contributed by atoms with Gasteiger partial charge in [-0.15, -0.1) is 11.3 Å². The zero-order valence-electron chi connectivity index (χ0n) is 12.0. The molecule has 0 aliphatic carbocycles. The number of nitrogens with zero attached hydrogens (tertiary/aromatic N) is 2. The number of benzene rings is 2. The molecule has 4 nitrogen and oxygen atoms in total. The Bertz CT molecular complexity index is 794. The van der Waals surface area contributed by atoms with Crippen molar-refractivity contribution in [2.24, 2.45) is 5.10 Å². The normalized spacial score (nSPS) is 11.0. The third-order valence-corrected chi connectivity index (χ3v) is 3.90. The lowest BCUT2D eigenvalue weighted by atomic mass is 10.1. The van der Waals surface area contributed by atoms with Crippen LogP contribution in [0, 0.1) is 6.92 Å². The van der Waals surface area contributed by atoms with Gasteiger partial charge in [0.25, 0.3) is 0 Å². The molecule has 5 heteroatoms. The van der Waals surface area contributed by atoms with E-state index in [9.17, 15) is 5.11 Å². The average Bonchev–Trinajstić information content (AvgIpc) is 2.99. The van der Waals surface area contributed by atoms with Gasteiger partial charge in [0.15, 0.2) is 0 Å². The number of aryl methyl sites for hydroxylation is 1. The molecule has 2 aromatic carbocycles. The zero-order chi connectivity index (χ0) is 15.4. The lowest BCUT2D eigenvalue weighted by Crippen LogP contribution is -1.90. The molecule has 0 atom stereocenters. The van der Waals surface area contributed by atoms with E-state index in [1.165, 1.54) is 16.9 Å². The number of anilines is 1. The highest BCUT2D eigenvalue weighted by molar-refractivity contribution is 7.14. The van der Waals surface area contributed by atoms with Crippen LogP contribution in [0.2, 0.25) is 0 Å². The van der Waals surface area contributed by atoms with Gasteiger partial charge < -0.3 is 5.11 Å². The number of phenols is 1. The summed E-state index contributed by atoms with van der Waals surface area (Å²) in [6, 6.07) is 15.3. The van der Waals surface area contributed by atoms with Crippen LogP contribution in [-0.4, -0.2) is 16.3 Å². The van der Waals surface area contributed by atoms with Gasteiger partial charge in [0.1, 0.15) is 5.75 Å². The number of phenolic OH excluding ortho intramolecular Hbond substituents is 1. The summed E-state index contributed by atoms with van der Waals surface area (Å²) in [5, 5.41) is 16.5. The van der Waals surface area contributed by atoms with Gasteiger partial charge in [0.2, 0.25) is 5.13 Å². The predicted molar refractivity (Wildman–Crippen MR) is 91.6 cm³/mol. The van der Waals surface area contributed by atoms with Crippen LogP contribution in [0.25, 0.3) is 11.3 Å². The molecule has 0 aliphatic rings. The summed E-state index contributed by atoms with van der Waals surface area (Å²) in [6.07, 6.45) is 1.57. The molecule has 3 aromatic rings. The van der Waals surface area contributed by atoms with Crippen molar-refractivity contribution in [3.8, 4) is 17.0 Å². The highest BCUT2D eigenvalue weighted by Crippen LogP contribution is 2.25. The van der Waals surface area contributed by atoms with Crippen LogP contribution >= 0.6 is 11.3 Å². The molecule has 0 fully saturated rings. The molecule has 0 spiro atoms. The van der Waals surface area contributed by atoms with Crippen molar-refractivity contribution in [3.05, 3.63) is 65.0 Å². The number of aromatic nitrogens is 1. The molecule has 0 bridgehead atoms. The first-order chi connectivity index (χ1) is 10.7. The third kappa shape index (κ3) is 3.32. The molecule has 22 heavy (non-hydrogen) atoms. The molecular weight excluding hydrogens is 294 g/mol. The maximum atomic E-state index is 9.65. The van der Waals surface area contributed by atoms with Crippen molar-refractivity contribution in [3.63, 3.8) is 0 Å². The first-order valence-corrected chi connectivity index (χ1v) is 7.70. The van der Waals surface area contributed by atoms with Gasteiger partial charge in [-0.1, -0.05) is 42.0 Å². The van der Waals surface area contributed by atoms with E-state index in [4.69, 9.17) is 0 Å². The number of nitrogens with one attached hydrogen (secondary N) is 1. The topological polar surface area (TPSA) is 57.5 Å². The van der Waals surface area contributed by atoms with Crippen molar-refractivity contribution >= 4 is 22.7 Å². The Morgan fingerprint density at radius 1 is 1.14 bits per heavy atom. The fraction of sp³-hybridized carbons (Fsp3) is 0.0588. The van der Waals surface area contributed by atoms with Crippen LogP contribution in [0.3, 0.4) is 0 Å². The number of para-hydroxylation sites is 1. The minimum atomic E-state index is 0.201. The maximum absolute atomic E-state index is 9.65. The first-order valence-electron chi connectivity index (χ1n) is 6.82. The second-order valence-corrected chi connectivity index (χ2v) is 5.69. The van der Waals surface area contributed by atoms with E-state index in [1.807, 2.05) is 11.4 Å². The van der Waals surface area contributed by atoms with Crippen molar-refractivity contribution in [2.45, 2.75) is 6.92 Å². The largest absolute Gasteiger partial charge is 0.507 e. The molecular formula is C17H15N3OS. The highest BCUT2D eigenvalue weighted by atomic mass is 32.1. The molecule has 0 amide bonds. The Hall–Kier alpha value is -2.66. The van der Waals surface area contributed by atoms with Crippen LogP contribution in [0.1, 0.15) is 11.1 Å². The highest BCUT2D eigenvalue weighted by Gasteiger charge is 2.03. The predicted octanol–water partition coefficient (Wildman–Crippen LogP) is 4.27. The Balaban J connectivity index is 1.70. The van der Waals surface area contributed by atoms with E-state index >= 15 is 0 Å². The van der Waals surface area contributed by atoms with Crippen LogP contribution in [0.4, 0.5) is 5.13 Å². The maximum Gasteiger partial charge on any atom is 0.203 e. The van der Waals surface area contributed by atoms with Gasteiger partial charge in [-0.05, 0) is 19.1 Å². The molecule has 1 heterocycles. The SMILES string of the molecule is Cc1ccc(-c2csc(N/N=C/c3ccccc3O)n2)cc1. The smallest absolute Gasteiger partial charge is 0.203 e. The molecule has 3 rings (SSSR count). The lowest BCUT2D eigenvalue weighted by Gasteiger charge is -1.98. The molecule has 2 N–H and O–H groups in total. The monoisotopic (exact) mass is 309 g/mol. The molecule has 0 saturated heterocycles. The summed E-state index contributed by atoms with van der Waals surface area (Å²) < 4.78 is 0. The first kappa shape index (κ1) is 14.3. The molecule has 0 saturated carbocycles. The fourth-order valence-corrected chi connectivity index (χ4v) is 2.60. The number of hydrogen-bond acceptors (Lipinski definition) is 5. The standard InChI is InChI=1S/C17H15N3OS/c1-12-6-8-13(9-7-12)15-11-22-17(19-15)20-18-10-14-4-2-3-5-16(14)21/h2-11,21H,1H3,(H,19,20)/b18-10+. The number of rotatable bonds is 4.